The summed E-state index contributed by atoms with van der Waals surface area (Å²) in [7, 11) is -3.20. The second-order valence-corrected chi connectivity index (χ2v) is 10.7. The van der Waals surface area contributed by atoms with Gasteiger partial charge in [-0.2, -0.15) is 0 Å². The Bertz CT molecular complexity index is 890. The molecule has 1 saturated carbocycles. The molecule has 4 fully saturated rings. The maximum atomic E-state index is 13.0. The number of hydrogen-bond donors (Lipinski definition) is 1. The van der Waals surface area contributed by atoms with Gasteiger partial charge in [0.15, 0.2) is 0 Å². The molecule has 1 N–H and O–H groups in total. The second kappa shape index (κ2) is 5.81. The summed E-state index contributed by atoms with van der Waals surface area (Å²) in [5.41, 5.74) is 0.312. The molecular formula is C19H26N2O5S. The number of sulfonamides is 1. The largest absolute Gasteiger partial charge is 0.466 e. The number of nitrogens with zero attached hydrogens (tertiary/aromatic N) is 1. The fraction of sp³-hybridized carbons (Fsp3) is 0.737. The molecule has 7 nitrogen and oxygen atoms in total. The van der Waals surface area contributed by atoms with E-state index in [1.165, 1.54) is 0 Å². The molecule has 0 radical (unpaired) electrons. The third-order valence-electron chi connectivity index (χ3n) is 6.83. The molecule has 1 aliphatic carbocycles. The zero-order valence-corrected chi connectivity index (χ0v) is 16.5. The van der Waals surface area contributed by atoms with Gasteiger partial charge in [-0.15, -0.1) is 0 Å². The van der Waals surface area contributed by atoms with Crippen LogP contribution in [0.5, 0.6) is 0 Å². The van der Waals surface area contributed by atoms with E-state index in [0.717, 1.165) is 31.4 Å². The monoisotopic (exact) mass is 394 g/mol. The summed E-state index contributed by atoms with van der Waals surface area (Å²) in [5, 5.41) is -0.208. The minimum atomic E-state index is -3.20. The number of furan rings is 1. The highest BCUT2D eigenvalue weighted by Gasteiger charge is 2.63. The van der Waals surface area contributed by atoms with Crippen LogP contribution in [0.25, 0.3) is 0 Å². The SMILES string of the molecule is Cc1cc(C(=O)N2C[C@@H]3[C@H](CNS(=O)(=O)C4CC4)[C@H]4CC[C@]3(C2)O4)c(C)o1. The van der Waals surface area contributed by atoms with Gasteiger partial charge in [-0.25, -0.2) is 13.1 Å². The first kappa shape index (κ1) is 17.7. The average molecular weight is 394 g/mol. The Morgan fingerprint density at radius 3 is 2.78 bits per heavy atom. The lowest BCUT2D eigenvalue weighted by molar-refractivity contribution is 0.00323. The molecule has 148 valence electrons. The standard InChI is InChI=1S/C19H26N2O5S/c1-11-7-14(12(2)25-11)18(22)21-9-16-15(8-20-27(23,24)13-3-4-13)17-5-6-19(16,10-21)26-17/h7,13,15-17,20H,3-6,8-10H2,1-2H3/t15-,16+,17+,19+/m0/s1. The maximum absolute atomic E-state index is 13.0. The lowest BCUT2D eigenvalue weighted by atomic mass is 9.74. The maximum Gasteiger partial charge on any atom is 0.257 e. The van der Waals surface area contributed by atoms with Crippen molar-refractivity contribution in [2.75, 3.05) is 19.6 Å². The normalized spacial score (nSPS) is 35.0. The van der Waals surface area contributed by atoms with Gasteiger partial charge in [0, 0.05) is 24.9 Å². The third kappa shape index (κ3) is 2.76. The van der Waals surface area contributed by atoms with Gasteiger partial charge in [0.2, 0.25) is 10.0 Å². The molecular weight excluding hydrogens is 368 g/mol. The van der Waals surface area contributed by atoms with E-state index < -0.39 is 10.0 Å². The van der Waals surface area contributed by atoms with E-state index in [0.29, 0.717) is 31.0 Å². The van der Waals surface area contributed by atoms with E-state index in [-0.39, 0.29) is 34.7 Å². The molecule has 0 unspecified atom stereocenters. The van der Waals surface area contributed by atoms with Gasteiger partial charge >= 0.3 is 0 Å². The van der Waals surface area contributed by atoms with Crippen LogP contribution in [0.4, 0.5) is 0 Å². The molecule has 4 aliphatic rings. The summed E-state index contributed by atoms with van der Waals surface area (Å²) in [6, 6.07) is 1.79. The number of aryl methyl sites for hydroxylation is 2. The minimum Gasteiger partial charge on any atom is -0.466 e. The summed E-state index contributed by atoms with van der Waals surface area (Å²) in [5.74, 6) is 1.69. The Kier molecular flexibility index (Phi) is 3.81. The first-order chi connectivity index (χ1) is 12.8. The van der Waals surface area contributed by atoms with Crippen molar-refractivity contribution in [1.82, 2.24) is 9.62 Å². The van der Waals surface area contributed by atoms with E-state index in [1.54, 1.807) is 6.07 Å². The first-order valence-corrected chi connectivity index (χ1v) is 11.4. The molecule has 3 aliphatic heterocycles. The van der Waals surface area contributed by atoms with Crippen LogP contribution in [0.1, 0.15) is 47.6 Å². The Morgan fingerprint density at radius 2 is 2.11 bits per heavy atom. The van der Waals surface area contributed by atoms with Crippen molar-refractivity contribution in [3.63, 3.8) is 0 Å². The van der Waals surface area contributed by atoms with E-state index in [9.17, 15) is 13.2 Å². The fourth-order valence-corrected chi connectivity index (χ4v) is 6.76. The molecule has 1 spiro atoms. The number of amides is 1. The topological polar surface area (TPSA) is 88.9 Å². The van der Waals surface area contributed by atoms with Crippen LogP contribution >= 0.6 is 0 Å². The van der Waals surface area contributed by atoms with Crippen molar-refractivity contribution in [2.45, 2.75) is 56.5 Å². The van der Waals surface area contributed by atoms with Crippen molar-refractivity contribution in [1.29, 1.82) is 0 Å². The number of carbonyl (C=O) groups excluding carboxylic acids is 1. The zero-order chi connectivity index (χ0) is 19.0. The van der Waals surface area contributed by atoms with Crippen molar-refractivity contribution in [2.24, 2.45) is 11.8 Å². The highest BCUT2D eigenvalue weighted by Crippen LogP contribution is 2.55. The van der Waals surface area contributed by atoms with Gasteiger partial charge in [0.25, 0.3) is 5.91 Å². The quantitative estimate of drug-likeness (QED) is 0.819. The van der Waals surface area contributed by atoms with Crippen molar-refractivity contribution in [3.05, 3.63) is 23.2 Å². The summed E-state index contributed by atoms with van der Waals surface area (Å²) >= 11 is 0. The molecule has 4 atom stereocenters. The summed E-state index contributed by atoms with van der Waals surface area (Å²) in [6.45, 7) is 5.28. The van der Waals surface area contributed by atoms with Crippen molar-refractivity contribution in [3.8, 4) is 0 Å². The van der Waals surface area contributed by atoms with Crippen LogP contribution < -0.4 is 4.72 Å². The van der Waals surface area contributed by atoms with E-state index in [2.05, 4.69) is 4.72 Å². The molecule has 8 heteroatoms. The predicted molar refractivity (Wildman–Crippen MR) is 97.8 cm³/mol. The molecule has 0 aromatic carbocycles. The number of nitrogens with one attached hydrogen (secondary N) is 1. The van der Waals surface area contributed by atoms with Crippen LogP contribution in [0.2, 0.25) is 0 Å². The summed E-state index contributed by atoms with van der Waals surface area (Å²) < 4.78 is 39.1. The van der Waals surface area contributed by atoms with Crippen molar-refractivity contribution < 1.29 is 22.4 Å². The van der Waals surface area contributed by atoms with Crippen LogP contribution in [-0.2, 0) is 14.8 Å². The molecule has 4 heterocycles. The Morgan fingerprint density at radius 1 is 1.33 bits per heavy atom. The smallest absolute Gasteiger partial charge is 0.257 e. The Balaban J connectivity index is 1.32. The lowest BCUT2D eigenvalue weighted by Crippen LogP contribution is -2.42. The fourth-order valence-electron chi connectivity index (χ4n) is 5.34. The highest BCUT2D eigenvalue weighted by molar-refractivity contribution is 7.90. The van der Waals surface area contributed by atoms with Gasteiger partial charge < -0.3 is 14.1 Å². The number of hydrogen-bond acceptors (Lipinski definition) is 5. The molecule has 27 heavy (non-hydrogen) atoms. The Hall–Kier alpha value is -1.38. The average Bonchev–Trinajstić information content (AvgIpc) is 3.06. The highest BCUT2D eigenvalue weighted by atomic mass is 32.2. The number of fused-ring (bicyclic) bond motifs is 1. The predicted octanol–water partition coefficient (Wildman–Crippen LogP) is 1.60. The molecule has 5 rings (SSSR count). The van der Waals surface area contributed by atoms with Gasteiger partial charge in [-0.1, -0.05) is 0 Å². The number of rotatable bonds is 5. The third-order valence-corrected chi connectivity index (χ3v) is 8.74. The van der Waals surface area contributed by atoms with Gasteiger partial charge in [0.05, 0.1) is 29.1 Å². The van der Waals surface area contributed by atoms with E-state index >= 15 is 0 Å². The summed E-state index contributed by atoms with van der Waals surface area (Å²) in [4.78, 5) is 14.9. The molecule has 1 amide bonds. The summed E-state index contributed by atoms with van der Waals surface area (Å²) in [6.07, 6.45) is 3.52. The number of likely N-dealkylation sites (tertiary alicyclic amines) is 1. The van der Waals surface area contributed by atoms with Crippen LogP contribution in [0, 0.1) is 25.7 Å². The minimum absolute atomic E-state index is 0.0162. The molecule has 3 saturated heterocycles. The van der Waals surface area contributed by atoms with Crippen molar-refractivity contribution >= 4 is 15.9 Å². The zero-order valence-electron chi connectivity index (χ0n) is 15.7. The lowest BCUT2D eigenvalue weighted by Gasteiger charge is -2.29. The first-order valence-electron chi connectivity index (χ1n) is 9.82. The van der Waals surface area contributed by atoms with E-state index in [4.69, 9.17) is 9.15 Å². The van der Waals surface area contributed by atoms with Gasteiger partial charge in [-0.05, 0) is 45.6 Å². The van der Waals surface area contributed by atoms with Gasteiger partial charge in [0.1, 0.15) is 11.5 Å². The molecule has 1 aromatic rings. The molecule has 2 bridgehead atoms. The molecule has 1 aromatic heterocycles. The number of carbonyl (C=O) groups is 1. The van der Waals surface area contributed by atoms with Gasteiger partial charge in [-0.3, -0.25) is 4.79 Å². The van der Waals surface area contributed by atoms with Crippen LogP contribution in [0.3, 0.4) is 0 Å². The Labute approximate surface area is 159 Å². The van der Waals surface area contributed by atoms with E-state index in [1.807, 2.05) is 18.7 Å². The number of ether oxygens (including phenoxy) is 1. The van der Waals surface area contributed by atoms with Crippen LogP contribution in [-0.4, -0.2) is 55.8 Å². The van der Waals surface area contributed by atoms with Crippen LogP contribution in [0.15, 0.2) is 10.5 Å². The second-order valence-electron chi connectivity index (χ2n) is 8.64.